The fourth-order valence-corrected chi connectivity index (χ4v) is 12.8. The summed E-state index contributed by atoms with van der Waals surface area (Å²) in [6.45, 7) is 6.49. The highest BCUT2D eigenvalue weighted by atomic mass is 31.2. The number of nitrogens with one attached hydrogen (secondary N) is 1. The van der Waals surface area contributed by atoms with E-state index >= 15 is 0 Å². The van der Waals surface area contributed by atoms with Gasteiger partial charge in [-0.1, -0.05) is 91.4 Å². The summed E-state index contributed by atoms with van der Waals surface area (Å²) in [5.41, 5.74) is -0.612. The van der Waals surface area contributed by atoms with Gasteiger partial charge < -0.3 is 28.9 Å². The molecule has 1 unspecified atom stereocenters. The van der Waals surface area contributed by atoms with E-state index < -0.39 is 46.8 Å². The van der Waals surface area contributed by atoms with E-state index in [4.69, 9.17) is 18.5 Å². The van der Waals surface area contributed by atoms with Crippen LogP contribution in [0.15, 0.2) is 77.7 Å². The molecule has 2 N–H and O–H groups in total. The molecule has 0 aliphatic carbocycles. The first kappa shape index (κ1) is 33.1. The van der Waals surface area contributed by atoms with Crippen molar-refractivity contribution in [3.05, 3.63) is 83.4 Å². The summed E-state index contributed by atoms with van der Waals surface area (Å²) in [5, 5.41) is 15.7. The van der Waals surface area contributed by atoms with Crippen molar-refractivity contribution in [3.8, 4) is 0 Å². The average Bonchev–Trinajstić information content (AvgIpc) is 3.77. The Morgan fingerprint density at radius 1 is 1.09 bits per heavy atom. The minimum Gasteiger partial charge on any atom is -0.394 e. The third kappa shape index (κ3) is 6.50. The molecule has 0 bridgehead atoms. The number of fused-ring (bicyclic) bond motifs is 1. The first-order valence-corrected chi connectivity index (χ1v) is 19.8. The summed E-state index contributed by atoms with van der Waals surface area (Å²) < 4.78 is 29.3. The van der Waals surface area contributed by atoms with Crippen molar-refractivity contribution in [1.82, 2.24) is 14.2 Å². The summed E-state index contributed by atoms with van der Waals surface area (Å²) in [6.07, 6.45) is 0.543. The van der Waals surface area contributed by atoms with E-state index in [1.807, 2.05) is 0 Å². The number of aromatic nitrogens is 2. The number of aliphatic hydroxyl groups is 1. The van der Waals surface area contributed by atoms with Gasteiger partial charge in [0, 0.05) is 31.8 Å². The molecule has 0 radical (unpaired) electrons. The molecule has 3 aliphatic heterocycles. The van der Waals surface area contributed by atoms with E-state index in [-0.39, 0.29) is 36.4 Å². The third-order valence-corrected chi connectivity index (χ3v) is 15.6. The lowest BCUT2D eigenvalue weighted by atomic mass is 10.1. The molecule has 13 heteroatoms. The van der Waals surface area contributed by atoms with Gasteiger partial charge in [-0.25, -0.2) is 9.46 Å². The number of aliphatic hydroxyl groups excluding tert-OH is 1. The van der Waals surface area contributed by atoms with Gasteiger partial charge >= 0.3 is 5.69 Å². The number of anilines is 1. The van der Waals surface area contributed by atoms with Crippen molar-refractivity contribution in [2.24, 2.45) is 5.92 Å². The van der Waals surface area contributed by atoms with E-state index in [1.54, 1.807) is 19.9 Å². The number of hydrogen-bond acceptors (Lipinski definition) is 9. The highest BCUT2D eigenvalue weighted by Crippen LogP contribution is 2.59. The van der Waals surface area contributed by atoms with Gasteiger partial charge in [0.15, 0.2) is 6.23 Å². The molecular formula is C33H43N4O7PSi. The van der Waals surface area contributed by atoms with Gasteiger partial charge in [-0.3, -0.25) is 9.36 Å². The van der Waals surface area contributed by atoms with E-state index in [1.165, 1.54) is 28.2 Å². The third-order valence-electron chi connectivity index (χ3n) is 9.39. The van der Waals surface area contributed by atoms with E-state index in [0.717, 1.165) is 25.4 Å². The number of carbonyl (C=O) groups excluding carboxylic acids is 1. The maximum absolute atomic E-state index is 13.1. The van der Waals surface area contributed by atoms with Crippen molar-refractivity contribution in [3.63, 3.8) is 0 Å². The van der Waals surface area contributed by atoms with Crippen LogP contribution in [0.4, 0.5) is 5.82 Å². The number of rotatable bonds is 11. The Labute approximate surface area is 271 Å². The maximum Gasteiger partial charge on any atom is 0.351 e. The Morgan fingerprint density at radius 2 is 1.76 bits per heavy atom. The lowest BCUT2D eigenvalue weighted by molar-refractivity contribution is -0.118. The number of amides is 1. The van der Waals surface area contributed by atoms with Gasteiger partial charge in [0.05, 0.1) is 12.7 Å². The number of hydrogen-bond donors (Lipinski definition) is 2. The molecular weight excluding hydrogens is 623 g/mol. The molecule has 1 aromatic heterocycles. The van der Waals surface area contributed by atoms with Crippen LogP contribution in [0.5, 0.6) is 0 Å². The SMILES string of the molecule is CO[C@H]1C(O[P@]2O[C@H](C[Si](C)(c3ccccc3)c3ccccc3)[C@@H]3CCCN32)[C@@H](CO)O[C@H]1n1ccc(NC(=O)C(C)C)nc1=O. The smallest absolute Gasteiger partial charge is 0.351 e. The number of carbonyl (C=O) groups is 1. The Hall–Kier alpha value is -2.80. The Morgan fingerprint density at radius 3 is 2.35 bits per heavy atom. The Balaban J connectivity index is 1.22. The molecule has 3 saturated heterocycles. The number of ether oxygens (including phenoxy) is 2. The highest BCUT2D eigenvalue weighted by molar-refractivity contribution is 7.45. The topological polar surface area (TPSA) is 124 Å². The molecule has 1 amide bonds. The fraction of sp³-hybridized carbons (Fsp3) is 0.485. The maximum atomic E-state index is 13.1. The van der Waals surface area contributed by atoms with Crippen LogP contribution in [0.1, 0.15) is 32.9 Å². The van der Waals surface area contributed by atoms with Crippen LogP contribution in [0.25, 0.3) is 0 Å². The van der Waals surface area contributed by atoms with Crippen LogP contribution in [0, 0.1) is 5.92 Å². The second kappa shape index (κ2) is 14.1. The largest absolute Gasteiger partial charge is 0.394 e. The quantitative estimate of drug-likeness (QED) is 0.235. The average molecular weight is 667 g/mol. The Bertz CT molecular complexity index is 1510. The minimum absolute atomic E-state index is 0.0159. The van der Waals surface area contributed by atoms with Gasteiger partial charge in [-0.2, -0.15) is 4.98 Å². The number of nitrogens with zero attached hydrogens (tertiary/aromatic N) is 3. The molecule has 3 aliphatic rings. The second-order valence-corrected chi connectivity index (χ2v) is 18.3. The zero-order valence-corrected chi connectivity index (χ0v) is 28.6. The highest BCUT2D eigenvalue weighted by Gasteiger charge is 2.54. The monoisotopic (exact) mass is 666 g/mol. The van der Waals surface area contributed by atoms with Crippen molar-refractivity contribution in [1.29, 1.82) is 0 Å². The van der Waals surface area contributed by atoms with Gasteiger partial charge in [-0.15, -0.1) is 0 Å². The number of methoxy groups -OCH3 is 1. The zero-order chi connectivity index (χ0) is 32.4. The van der Waals surface area contributed by atoms with Gasteiger partial charge in [-0.05, 0) is 25.0 Å². The van der Waals surface area contributed by atoms with Crippen LogP contribution >= 0.6 is 8.53 Å². The molecule has 246 valence electrons. The van der Waals surface area contributed by atoms with Crippen LogP contribution in [0.3, 0.4) is 0 Å². The van der Waals surface area contributed by atoms with E-state index in [2.05, 4.69) is 82.2 Å². The zero-order valence-electron chi connectivity index (χ0n) is 26.7. The molecule has 7 atom stereocenters. The molecule has 0 spiro atoms. The summed E-state index contributed by atoms with van der Waals surface area (Å²) in [6, 6.07) is 24.2. The summed E-state index contributed by atoms with van der Waals surface area (Å²) in [4.78, 5) is 29.2. The van der Waals surface area contributed by atoms with Crippen LogP contribution in [0.2, 0.25) is 12.6 Å². The molecule has 0 saturated carbocycles. The van der Waals surface area contributed by atoms with Gasteiger partial charge in [0.2, 0.25) is 5.91 Å². The first-order valence-electron chi connectivity index (χ1n) is 15.9. The van der Waals surface area contributed by atoms with Crippen molar-refractivity contribution in [2.75, 3.05) is 25.6 Å². The van der Waals surface area contributed by atoms with Crippen molar-refractivity contribution in [2.45, 2.75) is 76.0 Å². The van der Waals surface area contributed by atoms with Gasteiger partial charge in [0.1, 0.15) is 32.2 Å². The van der Waals surface area contributed by atoms with Crippen LogP contribution < -0.4 is 21.4 Å². The standard InChI is InChI=1S/C33H43N4O7PSi/c1-22(2)31(39)34-28-17-19-36(33(40)35-28)32-30(41-3)29(26(20-38)42-32)44-45-37-18-11-16-25(37)27(43-45)21-46(4,23-12-7-5-8-13-23)24-14-9-6-10-15-24/h5-10,12-15,17,19,22,25-27,29-30,32,38H,11,16,18,20-21H2,1-4H3,(H,34,35,39,40)/t25-,26+,27+,29?,30-,32+,45-/m0/s1. The lowest BCUT2D eigenvalue weighted by Crippen LogP contribution is -2.58. The summed E-state index contributed by atoms with van der Waals surface area (Å²) in [5.74, 6) is -0.335. The van der Waals surface area contributed by atoms with E-state index in [9.17, 15) is 14.7 Å². The molecule has 3 fully saturated rings. The van der Waals surface area contributed by atoms with Crippen molar-refractivity contribution >= 4 is 38.7 Å². The molecule has 2 aromatic carbocycles. The molecule has 4 heterocycles. The number of benzene rings is 2. The predicted molar refractivity (Wildman–Crippen MR) is 179 cm³/mol. The Kier molecular flexibility index (Phi) is 10.2. The van der Waals surface area contributed by atoms with Crippen LogP contribution in [-0.2, 0) is 23.3 Å². The molecule has 11 nitrogen and oxygen atoms in total. The van der Waals surface area contributed by atoms with Crippen molar-refractivity contribution < 1.29 is 28.4 Å². The molecule has 46 heavy (non-hydrogen) atoms. The predicted octanol–water partition coefficient (Wildman–Crippen LogP) is 3.11. The molecule has 3 aromatic rings. The van der Waals surface area contributed by atoms with Crippen LogP contribution in [-0.4, -0.2) is 84.0 Å². The molecule has 6 rings (SSSR count). The summed E-state index contributed by atoms with van der Waals surface area (Å²) in [7, 11) is -2.12. The summed E-state index contributed by atoms with van der Waals surface area (Å²) >= 11 is 0. The normalized spacial score (nSPS) is 28.1. The minimum atomic E-state index is -2.18. The van der Waals surface area contributed by atoms with Gasteiger partial charge in [0.25, 0.3) is 8.53 Å². The lowest BCUT2D eigenvalue weighted by Gasteiger charge is -2.32. The first-order chi connectivity index (χ1) is 22.2. The van der Waals surface area contributed by atoms with E-state index in [0.29, 0.717) is 0 Å². The second-order valence-electron chi connectivity index (χ2n) is 12.7. The fourth-order valence-electron chi connectivity index (χ4n) is 6.79.